The lowest BCUT2D eigenvalue weighted by atomic mass is 9.99. The van der Waals surface area contributed by atoms with Crippen LogP contribution in [0.1, 0.15) is 22.3 Å². The monoisotopic (exact) mass is 266 g/mol. The van der Waals surface area contributed by atoms with Crippen LogP contribution in [-0.4, -0.2) is 28.9 Å². The summed E-state index contributed by atoms with van der Waals surface area (Å²) in [5, 5.41) is 0. The molecule has 3 heteroatoms. The molecule has 0 bridgehead atoms. The second kappa shape index (κ2) is 5.87. The van der Waals surface area contributed by atoms with Gasteiger partial charge in [0.15, 0.2) is 0 Å². The number of hydrogen-bond acceptors (Lipinski definition) is 2. The van der Waals surface area contributed by atoms with Crippen molar-refractivity contribution < 1.29 is 4.79 Å². The van der Waals surface area contributed by atoms with Crippen molar-refractivity contribution in [1.82, 2.24) is 9.88 Å². The molecule has 1 aliphatic rings. The number of rotatable bonds is 3. The van der Waals surface area contributed by atoms with Crippen LogP contribution in [-0.2, 0) is 6.42 Å². The SMILES string of the molecule is O=C(c1ccncc1)N1CCC(Cc2ccccc2)C1. The molecule has 3 rings (SSSR count). The Morgan fingerprint density at radius 1 is 1.15 bits per heavy atom. The second-order valence-electron chi connectivity index (χ2n) is 5.33. The van der Waals surface area contributed by atoms with Crippen molar-refractivity contribution in [1.29, 1.82) is 0 Å². The summed E-state index contributed by atoms with van der Waals surface area (Å²) in [6.45, 7) is 1.72. The van der Waals surface area contributed by atoms with Crippen LogP contribution in [0, 0.1) is 5.92 Å². The highest BCUT2D eigenvalue weighted by Gasteiger charge is 2.26. The molecular weight excluding hydrogens is 248 g/mol. The van der Waals surface area contributed by atoms with E-state index >= 15 is 0 Å². The van der Waals surface area contributed by atoms with E-state index in [0.717, 1.165) is 31.5 Å². The van der Waals surface area contributed by atoms with E-state index in [1.165, 1.54) is 5.56 Å². The predicted octanol–water partition coefficient (Wildman–Crippen LogP) is 2.79. The second-order valence-corrected chi connectivity index (χ2v) is 5.33. The summed E-state index contributed by atoms with van der Waals surface area (Å²) in [6, 6.07) is 14.1. The maximum atomic E-state index is 12.3. The van der Waals surface area contributed by atoms with Crippen molar-refractivity contribution in [3.8, 4) is 0 Å². The molecule has 0 N–H and O–H groups in total. The Hall–Kier alpha value is -2.16. The lowest BCUT2D eigenvalue weighted by Crippen LogP contribution is -2.28. The highest BCUT2D eigenvalue weighted by Crippen LogP contribution is 2.22. The van der Waals surface area contributed by atoms with Gasteiger partial charge in [-0.3, -0.25) is 9.78 Å². The summed E-state index contributed by atoms with van der Waals surface area (Å²) in [6.07, 6.45) is 5.49. The van der Waals surface area contributed by atoms with Crippen LogP contribution in [0.15, 0.2) is 54.9 Å². The van der Waals surface area contributed by atoms with E-state index in [4.69, 9.17) is 0 Å². The molecular formula is C17H18N2O. The van der Waals surface area contributed by atoms with Crippen LogP contribution in [0.3, 0.4) is 0 Å². The first-order chi connectivity index (χ1) is 9.83. The first-order valence-electron chi connectivity index (χ1n) is 7.06. The van der Waals surface area contributed by atoms with Gasteiger partial charge in [0.1, 0.15) is 0 Å². The number of nitrogens with zero attached hydrogens (tertiary/aromatic N) is 2. The van der Waals surface area contributed by atoms with Gasteiger partial charge < -0.3 is 4.90 Å². The van der Waals surface area contributed by atoms with Crippen molar-refractivity contribution in [3.63, 3.8) is 0 Å². The molecule has 2 heterocycles. The number of amides is 1. The summed E-state index contributed by atoms with van der Waals surface area (Å²) < 4.78 is 0. The molecule has 1 aromatic carbocycles. The Balaban J connectivity index is 1.61. The quantitative estimate of drug-likeness (QED) is 0.856. The first kappa shape index (κ1) is 12.9. The molecule has 0 radical (unpaired) electrons. The molecule has 1 aromatic heterocycles. The fourth-order valence-corrected chi connectivity index (χ4v) is 2.81. The maximum Gasteiger partial charge on any atom is 0.253 e. The molecule has 102 valence electrons. The van der Waals surface area contributed by atoms with Crippen molar-refractivity contribution >= 4 is 5.91 Å². The van der Waals surface area contributed by atoms with Crippen LogP contribution in [0.2, 0.25) is 0 Å². The molecule has 3 nitrogen and oxygen atoms in total. The molecule has 20 heavy (non-hydrogen) atoms. The molecule has 1 amide bonds. The van der Waals surface area contributed by atoms with Crippen LogP contribution in [0.25, 0.3) is 0 Å². The predicted molar refractivity (Wildman–Crippen MR) is 78.4 cm³/mol. The topological polar surface area (TPSA) is 33.2 Å². The van der Waals surface area contributed by atoms with Gasteiger partial charge in [-0.15, -0.1) is 0 Å². The molecule has 0 aliphatic carbocycles. The minimum atomic E-state index is 0.128. The number of likely N-dealkylation sites (tertiary alicyclic amines) is 1. The van der Waals surface area contributed by atoms with E-state index in [1.807, 2.05) is 11.0 Å². The normalized spacial score (nSPS) is 18.2. The zero-order valence-electron chi connectivity index (χ0n) is 11.4. The largest absolute Gasteiger partial charge is 0.338 e. The Bertz CT molecular complexity index is 568. The molecule has 1 fully saturated rings. The summed E-state index contributed by atoms with van der Waals surface area (Å²) in [4.78, 5) is 18.3. The number of carbonyl (C=O) groups is 1. The summed E-state index contributed by atoms with van der Waals surface area (Å²) in [5.74, 6) is 0.700. The third kappa shape index (κ3) is 2.87. The highest BCUT2D eigenvalue weighted by atomic mass is 16.2. The number of benzene rings is 1. The lowest BCUT2D eigenvalue weighted by molar-refractivity contribution is 0.0787. The number of aromatic nitrogens is 1. The maximum absolute atomic E-state index is 12.3. The Labute approximate surface area is 119 Å². The zero-order valence-corrected chi connectivity index (χ0v) is 11.4. The van der Waals surface area contributed by atoms with Crippen LogP contribution < -0.4 is 0 Å². The van der Waals surface area contributed by atoms with E-state index < -0.39 is 0 Å². The summed E-state index contributed by atoms with van der Waals surface area (Å²) >= 11 is 0. The molecule has 1 saturated heterocycles. The summed E-state index contributed by atoms with van der Waals surface area (Å²) in [5.41, 5.74) is 2.09. The average molecular weight is 266 g/mol. The molecule has 0 spiro atoms. The zero-order chi connectivity index (χ0) is 13.8. The van der Waals surface area contributed by atoms with Crippen LogP contribution >= 0.6 is 0 Å². The van der Waals surface area contributed by atoms with Gasteiger partial charge in [-0.1, -0.05) is 30.3 Å². The fourth-order valence-electron chi connectivity index (χ4n) is 2.81. The third-order valence-corrected chi connectivity index (χ3v) is 3.87. The molecule has 1 unspecified atom stereocenters. The molecule has 1 aliphatic heterocycles. The number of pyridine rings is 1. The van der Waals surface area contributed by atoms with Crippen molar-refractivity contribution in [2.45, 2.75) is 12.8 Å². The number of carbonyl (C=O) groups excluding carboxylic acids is 1. The van der Waals surface area contributed by atoms with E-state index in [-0.39, 0.29) is 5.91 Å². The van der Waals surface area contributed by atoms with Crippen molar-refractivity contribution in [2.75, 3.05) is 13.1 Å². The summed E-state index contributed by atoms with van der Waals surface area (Å²) in [7, 11) is 0. The van der Waals surface area contributed by atoms with E-state index in [0.29, 0.717) is 5.92 Å². The van der Waals surface area contributed by atoms with Gasteiger partial charge in [0.2, 0.25) is 0 Å². The van der Waals surface area contributed by atoms with Crippen LogP contribution in [0.4, 0.5) is 0 Å². The third-order valence-electron chi connectivity index (χ3n) is 3.87. The highest BCUT2D eigenvalue weighted by molar-refractivity contribution is 5.94. The average Bonchev–Trinajstić information content (AvgIpc) is 2.97. The minimum Gasteiger partial charge on any atom is -0.338 e. The van der Waals surface area contributed by atoms with Gasteiger partial charge in [0.05, 0.1) is 0 Å². The molecule has 0 saturated carbocycles. The van der Waals surface area contributed by atoms with Gasteiger partial charge in [-0.05, 0) is 36.5 Å². The van der Waals surface area contributed by atoms with Crippen molar-refractivity contribution in [2.24, 2.45) is 5.92 Å². The van der Waals surface area contributed by atoms with E-state index in [2.05, 4.69) is 29.2 Å². The fraction of sp³-hybridized carbons (Fsp3) is 0.294. The Kier molecular flexibility index (Phi) is 3.77. The van der Waals surface area contributed by atoms with E-state index in [1.54, 1.807) is 24.5 Å². The van der Waals surface area contributed by atoms with Crippen LogP contribution in [0.5, 0.6) is 0 Å². The standard InChI is InChI=1S/C17H18N2O/c20-17(16-6-9-18-10-7-16)19-11-8-15(13-19)12-14-4-2-1-3-5-14/h1-7,9-10,15H,8,11-13H2. The van der Waals surface area contributed by atoms with Gasteiger partial charge in [-0.25, -0.2) is 0 Å². The van der Waals surface area contributed by atoms with E-state index in [9.17, 15) is 4.79 Å². The Morgan fingerprint density at radius 2 is 1.90 bits per heavy atom. The Morgan fingerprint density at radius 3 is 2.65 bits per heavy atom. The first-order valence-corrected chi connectivity index (χ1v) is 7.06. The van der Waals surface area contributed by atoms with Crippen molar-refractivity contribution in [3.05, 3.63) is 66.0 Å². The minimum absolute atomic E-state index is 0.128. The van der Waals surface area contributed by atoms with Gasteiger partial charge in [0.25, 0.3) is 5.91 Å². The van der Waals surface area contributed by atoms with Gasteiger partial charge in [-0.2, -0.15) is 0 Å². The molecule has 2 aromatic rings. The van der Waals surface area contributed by atoms with Gasteiger partial charge in [0, 0.05) is 31.0 Å². The lowest BCUT2D eigenvalue weighted by Gasteiger charge is -2.16. The molecule has 1 atom stereocenters. The number of hydrogen-bond donors (Lipinski definition) is 0. The smallest absolute Gasteiger partial charge is 0.253 e. The van der Waals surface area contributed by atoms with Gasteiger partial charge >= 0.3 is 0 Å².